The number of hydrogen-bond donors (Lipinski definition) is 1. The van der Waals surface area contributed by atoms with E-state index in [1.165, 1.54) is 0 Å². The molecule has 5 nitrogen and oxygen atoms in total. The van der Waals surface area contributed by atoms with Crippen LogP contribution < -0.4 is 4.90 Å². The molecule has 0 saturated heterocycles. The molecule has 21 heavy (non-hydrogen) atoms. The highest BCUT2D eigenvalue weighted by Gasteiger charge is 2.16. The fourth-order valence-corrected chi connectivity index (χ4v) is 2.45. The van der Waals surface area contributed by atoms with Gasteiger partial charge in [0.2, 0.25) is 0 Å². The Kier molecular flexibility index (Phi) is 4.73. The van der Waals surface area contributed by atoms with Crippen LogP contribution in [0.15, 0.2) is 24.3 Å². The quantitative estimate of drug-likeness (QED) is 0.884. The first-order chi connectivity index (χ1) is 10.0. The summed E-state index contributed by atoms with van der Waals surface area (Å²) in [6, 6.07) is 8.30. The molecule has 0 aliphatic rings. The van der Waals surface area contributed by atoms with Crippen LogP contribution in [0.2, 0.25) is 0 Å². The van der Waals surface area contributed by atoms with E-state index in [0.717, 1.165) is 22.3 Å². The zero-order valence-corrected chi connectivity index (χ0v) is 12.7. The monoisotopic (exact) mass is 287 g/mol. The molecule has 0 fully saturated rings. The number of aryl methyl sites for hydroxylation is 1. The highest BCUT2D eigenvalue weighted by Crippen LogP contribution is 2.27. The highest BCUT2D eigenvalue weighted by molar-refractivity contribution is 5.93. The lowest BCUT2D eigenvalue weighted by atomic mass is 10.1. The minimum absolute atomic E-state index is 0.167. The van der Waals surface area contributed by atoms with Gasteiger partial charge in [-0.25, -0.2) is 0 Å². The minimum Gasteiger partial charge on any atom is -0.481 e. The molecule has 0 aliphatic heterocycles. The summed E-state index contributed by atoms with van der Waals surface area (Å²) in [5, 5.41) is 19.6. The van der Waals surface area contributed by atoms with E-state index < -0.39 is 5.97 Å². The second-order valence-corrected chi connectivity index (χ2v) is 5.44. The van der Waals surface area contributed by atoms with Crippen molar-refractivity contribution in [3.63, 3.8) is 0 Å². The number of anilines is 1. The van der Waals surface area contributed by atoms with Crippen molar-refractivity contribution in [2.45, 2.75) is 39.7 Å². The van der Waals surface area contributed by atoms with Gasteiger partial charge in [-0.15, -0.1) is 5.10 Å². The van der Waals surface area contributed by atoms with Crippen LogP contribution in [0.5, 0.6) is 0 Å². The van der Waals surface area contributed by atoms with Crippen LogP contribution in [0.25, 0.3) is 10.8 Å². The summed E-state index contributed by atoms with van der Waals surface area (Å²) in [6.07, 6.45) is 0.762. The summed E-state index contributed by atoms with van der Waals surface area (Å²) >= 11 is 0. The molecular weight excluding hydrogens is 266 g/mol. The number of nitrogens with zero attached hydrogens (tertiary/aromatic N) is 3. The van der Waals surface area contributed by atoms with Crippen LogP contribution in [0.1, 0.15) is 32.4 Å². The second-order valence-electron chi connectivity index (χ2n) is 5.44. The van der Waals surface area contributed by atoms with Crippen LogP contribution in [0, 0.1) is 6.92 Å². The van der Waals surface area contributed by atoms with Crippen LogP contribution >= 0.6 is 0 Å². The molecule has 0 aliphatic carbocycles. The minimum atomic E-state index is -0.765. The molecule has 1 heterocycles. The molecule has 0 amide bonds. The Hall–Kier alpha value is -2.17. The summed E-state index contributed by atoms with van der Waals surface area (Å²) in [5.41, 5.74) is 0.906. The van der Waals surface area contributed by atoms with Gasteiger partial charge in [0.15, 0.2) is 5.82 Å². The Morgan fingerprint density at radius 3 is 2.52 bits per heavy atom. The molecule has 5 heteroatoms. The average molecular weight is 287 g/mol. The van der Waals surface area contributed by atoms with Crippen LogP contribution in [0.4, 0.5) is 5.82 Å². The van der Waals surface area contributed by atoms with Gasteiger partial charge in [-0.3, -0.25) is 4.79 Å². The normalized spacial score (nSPS) is 11.0. The lowest BCUT2D eigenvalue weighted by Gasteiger charge is -2.28. The molecule has 1 aromatic heterocycles. The topological polar surface area (TPSA) is 66.3 Å². The third-order valence-electron chi connectivity index (χ3n) is 3.54. The van der Waals surface area contributed by atoms with E-state index in [1.54, 1.807) is 0 Å². The van der Waals surface area contributed by atoms with Gasteiger partial charge in [0.05, 0.1) is 5.69 Å². The third kappa shape index (κ3) is 3.48. The van der Waals surface area contributed by atoms with Gasteiger partial charge in [-0.1, -0.05) is 24.3 Å². The first-order valence-electron chi connectivity index (χ1n) is 7.21. The first kappa shape index (κ1) is 15.2. The second kappa shape index (κ2) is 6.52. The zero-order valence-electron chi connectivity index (χ0n) is 12.7. The molecular formula is C16H21N3O2. The zero-order chi connectivity index (χ0) is 15.4. The largest absolute Gasteiger partial charge is 0.481 e. The Labute approximate surface area is 124 Å². The number of carbonyl (C=O) groups is 1. The molecule has 2 rings (SSSR count). The molecule has 0 bridgehead atoms. The predicted molar refractivity (Wildman–Crippen MR) is 83.6 cm³/mol. The first-order valence-corrected chi connectivity index (χ1v) is 7.21. The standard InChI is InChI=1S/C16H21N3O2/c1-11(2)19(10-6-9-15(20)21)16-14-8-5-4-7-13(14)12(3)17-18-16/h4-5,7-8,11H,6,9-10H2,1-3H3,(H,20,21). The molecule has 0 radical (unpaired) electrons. The van der Waals surface area contributed by atoms with Crippen molar-refractivity contribution in [1.82, 2.24) is 10.2 Å². The Morgan fingerprint density at radius 1 is 1.24 bits per heavy atom. The molecule has 0 spiro atoms. The molecule has 1 N–H and O–H groups in total. The predicted octanol–water partition coefficient (Wildman–Crippen LogP) is 3.02. The van der Waals surface area contributed by atoms with E-state index in [0.29, 0.717) is 13.0 Å². The molecule has 0 unspecified atom stereocenters. The lowest BCUT2D eigenvalue weighted by Crippen LogP contribution is -2.33. The molecule has 0 saturated carbocycles. The third-order valence-corrected chi connectivity index (χ3v) is 3.54. The average Bonchev–Trinajstić information content (AvgIpc) is 2.45. The number of aliphatic carboxylic acids is 1. The molecule has 112 valence electrons. The van der Waals surface area contributed by atoms with Gasteiger partial charge < -0.3 is 10.0 Å². The SMILES string of the molecule is Cc1nnc(N(CCCC(=O)O)C(C)C)c2ccccc12. The maximum absolute atomic E-state index is 10.7. The number of fused-ring (bicyclic) bond motifs is 1. The van der Waals surface area contributed by atoms with Crippen LogP contribution in [-0.4, -0.2) is 33.9 Å². The van der Waals surface area contributed by atoms with E-state index in [4.69, 9.17) is 5.11 Å². The molecule has 1 aromatic carbocycles. The Bertz CT molecular complexity index is 640. The maximum Gasteiger partial charge on any atom is 0.303 e. The molecule has 2 aromatic rings. The summed E-state index contributed by atoms with van der Waals surface area (Å²) in [5.74, 6) is 0.0649. The summed E-state index contributed by atoms with van der Waals surface area (Å²) in [7, 11) is 0. The van der Waals surface area contributed by atoms with E-state index in [-0.39, 0.29) is 12.5 Å². The fraction of sp³-hybridized carbons (Fsp3) is 0.438. The molecule has 0 atom stereocenters. The number of carboxylic acid groups (broad SMARTS) is 1. The van der Waals surface area contributed by atoms with E-state index in [9.17, 15) is 4.79 Å². The number of carboxylic acids is 1. The number of rotatable bonds is 6. The van der Waals surface area contributed by atoms with E-state index >= 15 is 0 Å². The van der Waals surface area contributed by atoms with Crippen molar-refractivity contribution in [2.24, 2.45) is 0 Å². The maximum atomic E-state index is 10.7. The van der Waals surface area contributed by atoms with Crippen molar-refractivity contribution >= 4 is 22.6 Å². The van der Waals surface area contributed by atoms with Crippen molar-refractivity contribution in [2.75, 3.05) is 11.4 Å². The van der Waals surface area contributed by atoms with Gasteiger partial charge in [0, 0.05) is 29.8 Å². The smallest absolute Gasteiger partial charge is 0.303 e. The van der Waals surface area contributed by atoms with Gasteiger partial charge >= 0.3 is 5.97 Å². The lowest BCUT2D eigenvalue weighted by molar-refractivity contribution is -0.137. The van der Waals surface area contributed by atoms with Crippen LogP contribution in [0.3, 0.4) is 0 Å². The number of aromatic nitrogens is 2. The summed E-state index contributed by atoms with van der Waals surface area (Å²) in [4.78, 5) is 12.8. The van der Waals surface area contributed by atoms with Crippen molar-refractivity contribution in [1.29, 1.82) is 0 Å². The van der Waals surface area contributed by atoms with Crippen molar-refractivity contribution in [3.8, 4) is 0 Å². The summed E-state index contributed by atoms with van der Waals surface area (Å²) in [6.45, 7) is 6.77. The van der Waals surface area contributed by atoms with E-state index in [2.05, 4.69) is 28.9 Å². The van der Waals surface area contributed by atoms with Crippen molar-refractivity contribution < 1.29 is 9.90 Å². The van der Waals surface area contributed by atoms with Gasteiger partial charge in [-0.2, -0.15) is 5.10 Å². The van der Waals surface area contributed by atoms with Gasteiger partial charge in [-0.05, 0) is 27.2 Å². The number of hydrogen-bond acceptors (Lipinski definition) is 4. The van der Waals surface area contributed by atoms with E-state index in [1.807, 2.05) is 31.2 Å². The highest BCUT2D eigenvalue weighted by atomic mass is 16.4. The van der Waals surface area contributed by atoms with Gasteiger partial charge in [0.25, 0.3) is 0 Å². The van der Waals surface area contributed by atoms with Crippen molar-refractivity contribution in [3.05, 3.63) is 30.0 Å². The number of benzene rings is 1. The fourth-order valence-electron chi connectivity index (χ4n) is 2.45. The Balaban J connectivity index is 2.36. The van der Waals surface area contributed by atoms with Crippen LogP contribution in [-0.2, 0) is 4.79 Å². The summed E-state index contributed by atoms with van der Waals surface area (Å²) < 4.78 is 0. The Morgan fingerprint density at radius 2 is 1.90 bits per heavy atom. The van der Waals surface area contributed by atoms with Gasteiger partial charge in [0.1, 0.15) is 0 Å².